The summed E-state index contributed by atoms with van der Waals surface area (Å²) in [6.07, 6.45) is 38.5. The van der Waals surface area contributed by atoms with E-state index in [1.165, 1.54) is 154 Å². The molecule has 0 spiro atoms. The van der Waals surface area contributed by atoms with Crippen LogP contribution in [0, 0.1) is 0 Å². The van der Waals surface area contributed by atoms with Gasteiger partial charge in [0, 0.05) is 19.4 Å². The Morgan fingerprint density at radius 3 is 0.980 bits per heavy atom. The molecule has 0 aliphatic rings. The molecule has 0 aromatic rings. The Bertz CT molecular complexity index is 773. The molecule has 0 bridgehead atoms. The SMILES string of the molecule is CCCCCCCCCCCCCCCCCC(=O)OC[C@H](COC(=O)CCN(C)C)OC(=O)CCCCCCCCCCCCCCCCC. The number of unbranched alkanes of at least 4 members (excludes halogenated alkanes) is 28. The summed E-state index contributed by atoms with van der Waals surface area (Å²) in [5.74, 6) is -0.958. The average molecular weight is 724 g/mol. The van der Waals surface area contributed by atoms with Crippen molar-refractivity contribution in [1.82, 2.24) is 4.90 Å². The quantitative estimate of drug-likeness (QED) is 0.0353. The van der Waals surface area contributed by atoms with Gasteiger partial charge in [0.1, 0.15) is 13.2 Å². The summed E-state index contributed by atoms with van der Waals surface area (Å²) in [7, 11) is 3.79. The first kappa shape index (κ1) is 49.4. The van der Waals surface area contributed by atoms with Crippen LogP contribution in [0.15, 0.2) is 0 Å². The second kappa shape index (κ2) is 39.6. The molecule has 0 N–H and O–H groups in total. The first-order chi connectivity index (χ1) is 24.9. The van der Waals surface area contributed by atoms with Gasteiger partial charge < -0.3 is 19.1 Å². The van der Waals surface area contributed by atoms with Crippen molar-refractivity contribution in [2.24, 2.45) is 0 Å². The van der Waals surface area contributed by atoms with E-state index in [0.717, 1.165) is 38.5 Å². The highest BCUT2D eigenvalue weighted by Crippen LogP contribution is 2.16. The largest absolute Gasteiger partial charge is 0.462 e. The lowest BCUT2D eigenvalue weighted by atomic mass is 10.0. The van der Waals surface area contributed by atoms with Gasteiger partial charge in [0.25, 0.3) is 0 Å². The van der Waals surface area contributed by atoms with Crippen LogP contribution in [0.4, 0.5) is 0 Å². The van der Waals surface area contributed by atoms with E-state index in [4.69, 9.17) is 14.2 Å². The van der Waals surface area contributed by atoms with Gasteiger partial charge in [-0.3, -0.25) is 14.4 Å². The zero-order valence-corrected chi connectivity index (χ0v) is 34.4. The Morgan fingerprint density at radius 1 is 0.392 bits per heavy atom. The molecule has 0 heterocycles. The minimum absolute atomic E-state index is 0.0802. The molecule has 0 aromatic carbocycles. The predicted molar refractivity (Wildman–Crippen MR) is 214 cm³/mol. The number of rotatable bonds is 40. The van der Waals surface area contributed by atoms with Crippen LogP contribution in [0.25, 0.3) is 0 Å². The zero-order valence-electron chi connectivity index (χ0n) is 34.4. The molecule has 1 atom stereocenters. The van der Waals surface area contributed by atoms with Crippen LogP contribution in [-0.4, -0.2) is 62.8 Å². The van der Waals surface area contributed by atoms with Gasteiger partial charge in [-0.15, -0.1) is 0 Å². The smallest absolute Gasteiger partial charge is 0.307 e. The van der Waals surface area contributed by atoms with Gasteiger partial charge >= 0.3 is 17.9 Å². The Morgan fingerprint density at radius 2 is 0.667 bits per heavy atom. The summed E-state index contributed by atoms with van der Waals surface area (Å²) in [5, 5.41) is 0. The summed E-state index contributed by atoms with van der Waals surface area (Å²) in [4.78, 5) is 39.1. The molecule has 7 heteroatoms. The normalized spacial score (nSPS) is 11.9. The topological polar surface area (TPSA) is 82.1 Å². The third-order valence-electron chi connectivity index (χ3n) is 9.89. The lowest BCUT2D eigenvalue weighted by Crippen LogP contribution is -2.31. The van der Waals surface area contributed by atoms with Gasteiger partial charge in [0.05, 0.1) is 6.42 Å². The Labute approximate surface area is 316 Å². The number of nitrogens with zero attached hydrogens (tertiary/aromatic N) is 1. The van der Waals surface area contributed by atoms with Gasteiger partial charge in [-0.05, 0) is 26.9 Å². The number of hydrogen-bond acceptors (Lipinski definition) is 7. The van der Waals surface area contributed by atoms with Crippen molar-refractivity contribution in [2.75, 3.05) is 33.9 Å². The lowest BCUT2D eigenvalue weighted by Gasteiger charge is -2.18. The molecule has 0 aromatic heterocycles. The van der Waals surface area contributed by atoms with Crippen LogP contribution in [0.3, 0.4) is 0 Å². The van der Waals surface area contributed by atoms with Crippen LogP contribution in [0.2, 0.25) is 0 Å². The van der Waals surface area contributed by atoms with Crippen molar-refractivity contribution in [3.05, 3.63) is 0 Å². The number of carbonyl (C=O) groups is 3. The third-order valence-corrected chi connectivity index (χ3v) is 9.89. The molecule has 0 aliphatic carbocycles. The van der Waals surface area contributed by atoms with E-state index in [1.54, 1.807) is 0 Å². The van der Waals surface area contributed by atoms with E-state index < -0.39 is 6.10 Å². The first-order valence-corrected chi connectivity index (χ1v) is 22.0. The molecule has 51 heavy (non-hydrogen) atoms. The number of carbonyl (C=O) groups excluding carboxylic acids is 3. The van der Waals surface area contributed by atoms with Crippen molar-refractivity contribution in [3.8, 4) is 0 Å². The van der Waals surface area contributed by atoms with Gasteiger partial charge in [-0.25, -0.2) is 0 Å². The molecule has 0 aliphatic heterocycles. The molecule has 0 saturated heterocycles. The highest BCUT2D eigenvalue weighted by molar-refractivity contribution is 5.71. The highest BCUT2D eigenvalue weighted by Gasteiger charge is 2.19. The summed E-state index contributed by atoms with van der Waals surface area (Å²) in [5.41, 5.74) is 0. The second-order valence-corrected chi connectivity index (χ2v) is 15.4. The van der Waals surface area contributed by atoms with Gasteiger partial charge in [0.2, 0.25) is 0 Å². The number of ether oxygens (including phenoxy) is 3. The van der Waals surface area contributed by atoms with Crippen LogP contribution in [-0.2, 0) is 28.6 Å². The molecule has 0 amide bonds. The lowest BCUT2D eigenvalue weighted by molar-refractivity contribution is -0.167. The van der Waals surface area contributed by atoms with E-state index in [-0.39, 0.29) is 37.5 Å². The average Bonchev–Trinajstić information content (AvgIpc) is 3.11. The van der Waals surface area contributed by atoms with Crippen molar-refractivity contribution in [3.63, 3.8) is 0 Å². The number of esters is 3. The zero-order chi connectivity index (χ0) is 37.5. The van der Waals surface area contributed by atoms with E-state index in [2.05, 4.69) is 13.8 Å². The Kier molecular flexibility index (Phi) is 38.3. The van der Waals surface area contributed by atoms with E-state index in [9.17, 15) is 14.4 Å². The maximum absolute atomic E-state index is 12.6. The molecular formula is C44H85NO6. The Balaban J connectivity index is 4.07. The minimum Gasteiger partial charge on any atom is -0.462 e. The van der Waals surface area contributed by atoms with Crippen LogP contribution in [0.1, 0.15) is 226 Å². The van der Waals surface area contributed by atoms with Crippen molar-refractivity contribution in [2.45, 2.75) is 232 Å². The third kappa shape index (κ3) is 39.4. The van der Waals surface area contributed by atoms with Crippen molar-refractivity contribution >= 4 is 17.9 Å². The second-order valence-electron chi connectivity index (χ2n) is 15.4. The summed E-state index contributed by atoms with van der Waals surface area (Å²) in [6.45, 7) is 4.94. The van der Waals surface area contributed by atoms with Gasteiger partial charge in [0.15, 0.2) is 6.10 Å². The van der Waals surface area contributed by atoms with Crippen molar-refractivity contribution < 1.29 is 28.6 Å². The highest BCUT2D eigenvalue weighted by atomic mass is 16.6. The standard InChI is InChI=1S/C44H85NO6/c1-5-7-9-11-13-15-17-19-21-23-25-27-29-31-33-35-42(46)49-39-41(40-50-43(47)37-38-45(3)4)51-44(48)36-34-32-30-28-26-24-22-20-18-16-14-12-10-8-6-2/h41H,5-40H2,1-4H3/t41-/m1/s1. The van der Waals surface area contributed by atoms with Gasteiger partial charge in [-0.2, -0.15) is 0 Å². The molecule has 0 rings (SSSR count). The maximum atomic E-state index is 12.6. The summed E-state index contributed by atoms with van der Waals surface area (Å²) < 4.78 is 16.5. The molecule has 302 valence electrons. The number of hydrogen-bond donors (Lipinski definition) is 0. The van der Waals surface area contributed by atoms with E-state index in [0.29, 0.717) is 19.4 Å². The summed E-state index contributed by atoms with van der Waals surface area (Å²) in [6, 6.07) is 0. The first-order valence-electron chi connectivity index (χ1n) is 22.0. The predicted octanol–water partition coefficient (Wildman–Crippen LogP) is 12.5. The van der Waals surface area contributed by atoms with Gasteiger partial charge in [-0.1, -0.05) is 194 Å². The van der Waals surface area contributed by atoms with E-state index in [1.807, 2.05) is 19.0 Å². The fraction of sp³-hybridized carbons (Fsp3) is 0.932. The fourth-order valence-corrected chi connectivity index (χ4v) is 6.47. The minimum atomic E-state index is -0.776. The van der Waals surface area contributed by atoms with Crippen LogP contribution in [0.5, 0.6) is 0 Å². The molecular weight excluding hydrogens is 638 g/mol. The molecule has 7 nitrogen and oxygen atoms in total. The molecule has 0 fully saturated rings. The monoisotopic (exact) mass is 724 g/mol. The summed E-state index contributed by atoms with van der Waals surface area (Å²) >= 11 is 0. The van der Waals surface area contributed by atoms with Crippen LogP contribution < -0.4 is 0 Å². The fourth-order valence-electron chi connectivity index (χ4n) is 6.47. The van der Waals surface area contributed by atoms with Crippen molar-refractivity contribution in [1.29, 1.82) is 0 Å². The van der Waals surface area contributed by atoms with E-state index >= 15 is 0 Å². The Hall–Kier alpha value is -1.63. The molecule has 0 saturated carbocycles. The maximum Gasteiger partial charge on any atom is 0.307 e. The molecule has 0 unspecified atom stereocenters. The van der Waals surface area contributed by atoms with Crippen LogP contribution >= 0.6 is 0 Å². The molecule has 0 radical (unpaired) electrons.